The van der Waals surface area contributed by atoms with Gasteiger partial charge in [-0.25, -0.2) is 13.6 Å². The summed E-state index contributed by atoms with van der Waals surface area (Å²) in [4.78, 5) is 12.0. The van der Waals surface area contributed by atoms with Gasteiger partial charge in [-0.1, -0.05) is 0 Å². The van der Waals surface area contributed by atoms with Crippen molar-refractivity contribution in [3.8, 4) is 0 Å². The molecular formula is C15H22F2N2O2. The minimum absolute atomic E-state index is 0.0777. The highest BCUT2D eigenvalue weighted by molar-refractivity contribution is 5.89. The van der Waals surface area contributed by atoms with E-state index in [-0.39, 0.29) is 18.8 Å². The third-order valence-electron chi connectivity index (χ3n) is 4.16. The fourth-order valence-electron chi connectivity index (χ4n) is 2.79. The molecule has 1 heterocycles. The third-order valence-corrected chi connectivity index (χ3v) is 4.16. The van der Waals surface area contributed by atoms with Crippen molar-refractivity contribution in [2.45, 2.75) is 58.9 Å². The number of nitrogens with zero attached hydrogens (tertiary/aromatic N) is 2. The van der Waals surface area contributed by atoms with Crippen LogP contribution in [0.2, 0.25) is 0 Å². The monoisotopic (exact) mass is 300 g/mol. The number of ether oxygens (including phenoxy) is 1. The van der Waals surface area contributed by atoms with E-state index in [1.54, 1.807) is 11.6 Å². The molecule has 0 aromatic carbocycles. The van der Waals surface area contributed by atoms with E-state index < -0.39 is 11.9 Å². The van der Waals surface area contributed by atoms with Gasteiger partial charge >= 0.3 is 5.97 Å². The Hall–Kier alpha value is -1.46. The van der Waals surface area contributed by atoms with Gasteiger partial charge in [-0.15, -0.1) is 0 Å². The van der Waals surface area contributed by atoms with E-state index in [1.165, 1.54) is 0 Å². The molecule has 0 unspecified atom stereocenters. The van der Waals surface area contributed by atoms with Crippen LogP contribution in [-0.4, -0.2) is 28.3 Å². The van der Waals surface area contributed by atoms with E-state index in [9.17, 15) is 13.6 Å². The summed E-state index contributed by atoms with van der Waals surface area (Å²) in [5.74, 6) is -2.79. The Labute approximate surface area is 123 Å². The smallest absolute Gasteiger partial charge is 0.356 e. The SMILES string of the molecule is CCOC(=O)c1c(C)c(C)nn1CC1CCC(F)(F)CC1. The van der Waals surface area contributed by atoms with Crippen LogP contribution in [0, 0.1) is 19.8 Å². The van der Waals surface area contributed by atoms with Crippen LogP contribution in [0.5, 0.6) is 0 Å². The normalized spacial score (nSPS) is 18.7. The molecule has 2 rings (SSSR count). The Morgan fingerprint density at radius 1 is 1.38 bits per heavy atom. The van der Waals surface area contributed by atoms with Gasteiger partial charge in [-0.2, -0.15) is 5.10 Å². The lowest BCUT2D eigenvalue weighted by Gasteiger charge is -2.28. The van der Waals surface area contributed by atoms with Crippen LogP contribution in [0.4, 0.5) is 8.78 Å². The maximum atomic E-state index is 13.2. The minimum Gasteiger partial charge on any atom is -0.461 e. The molecule has 0 aliphatic heterocycles. The molecule has 0 bridgehead atoms. The molecule has 118 valence electrons. The Morgan fingerprint density at radius 2 is 2.00 bits per heavy atom. The fourth-order valence-corrected chi connectivity index (χ4v) is 2.79. The van der Waals surface area contributed by atoms with E-state index in [0.717, 1.165) is 11.3 Å². The number of aromatic nitrogens is 2. The van der Waals surface area contributed by atoms with Gasteiger partial charge in [0.1, 0.15) is 5.69 Å². The Balaban J connectivity index is 2.13. The van der Waals surface area contributed by atoms with Crippen LogP contribution in [-0.2, 0) is 11.3 Å². The fraction of sp³-hybridized carbons (Fsp3) is 0.733. The van der Waals surface area contributed by atoms with Gasteiger partial charge in [0.2, 0.25) is 5.92 Å². The maximum Gasteiger partial charge on any atom is 0.356 e. The van der Waals surface area contributed by atoms with Gasteiger partial charge in [0, 0.05) is 24.9 Å². The number of aryl methyl sites for hydroxylation is 1. The number of esters is 1. The second-order valence-electron chi connectivity index (χ2n) is 5.76. The number of rotatable bonds is 4. The van der Waals surface area contributed by atoms with E-state index in [2.05, 4.69) is 5.10 Å². The molecule has 0 saturated heterocycles. The molecule has 0 atom stereocenters. The van der Waals surface area contributed by atoms with E-state index in [4.69, 9.17) is 4.74 Å². The molecule has 6 heteroatoms. The van der Waals surface area contributed by atoms with Gasteiger partial charge in [0.15, 0.2) is 0 Å². The molecule has 0 radical (unpaired) electrons. The largest absolute Gasteiger partial charge is 0.461 e. The zero-order chi connectivity index (χ0) is 15.6. The molecule has 1 aromatic heterocycles. The molecule has 1 saturated carbocycles. The van der Waals surface area contributed by atoms with Crippen molar-refractivity contribution in [3.63, 3.8) is 0 Å². The van der Waals surface area contributed by atoms with E-state index in [1.807, 2.05) is 13.8 Å². The van der Waals surface area contributed by atoms with Crippen molar-refractivity contribution in [1.82, 2.24) is 9.78 Å². The molecule has 1 fully saturated rings. The first-order valence-electron chi connectivity index (χ1n) is 7.43. The second kappa shape index (κ2) is 6.12. The third kappa shape index (κ3) is 3.60. The number of hydrogen-bond acceptors (Lipinski definition) is 3. The molecule has 1 aromatic rings. The van der Waals surface area contributed by atoms with Crippen LogP contribution in [0.15, 0.2) is 0 Å². The minimum atomic E-state index is -2.53. The number of carbonyl (C=O) groups excluding carboxylic acids is 1. The van der Waals surface area contributed by atoms with Crippen LogP contribution in [0.1, 0.15) is 54.4 Å². The lowest BCUT2D eigenvalue weighted by Crippen LogP contribution is -2.28. The van der Waals surface area contributed by atoms with Gasteiger partial charge in [-0.3, -0.25) is 4.68 Å². The highest BCUT2D eigenvalue weighted by Crippen LogP contribution is 2.36. The van der Waals surface area contributed by atoms with E-state index in [0.29, 0.717) is 31.7 Å². The average molecular weight is 300 g/mol. The van der Waals surface area contributed by atoms with Gasteiger partial charge < -0.3 is 4.74 Å². The van der Waals surface area contributed by atoms with Crippen molar-refractivity contribution in [3.05, 3.63) is 17.0 Å². The number of alkyl halides is 2. The molecule has 4 nitrogen and oxygen atoms in total. The Kier molecular flexibility index (Phi) is 4.64. The Bertz CT molecular complexity index is 516. The lowest BCUT2D eigenvalue weighted by atomic mass is 9.87. The van der Waals surface area contributed by atoms with Crippen LogP contribution >= 0.6 is 0 Å². The maximum absolute atomic E-state index is 13.2. The Morgan fingerprint density at radius 3 is 2.57 bits per heavy atom. The molecule has 0 N–H and O–H groups in total. The van der Waals surface area contributed by atoms with E-state index >= 15 is 0 Å². The van der Waals surface area contributed by atoms with Crippen molar-refractivity contribution in [2.75, 3.05) is 6.61 Å². The number of hydrogen-bond donors (Lipinski definition) is 0. The molecule has 0 amide bonds. The summed E-state index contributed by atoms with van der Waals surface area (Å²) >= 11 is 0. The summed E-state index contributed by atoms with van der Waals surface area (Å²) < 4.78 is 33.1. The zero-order valence-corrected chi connectivity index (χ0v) is 12.8. The molecule has 21 heavy (non-hydrogen) atoms. The predicted octanol–water partition coefficient (Wildman–Crippen LogP) is 3.50. The molecule has 1 aliphatic rings. The first-order valence-corrected chi connectivity index (χ1v) is 7.43. The average Bonchev–Trinajstić information content (AvgIpc) is 2.68. The quantitative estimate of drug-likeness (QED) is 0.799. The highest BCUT2D eigenvalue weighted by Gasteiger charge is 2.35. The number of carbonyl (C=O) groups is 1. The van der Waals surface area contributed by atoms with Gasteiger partial charge in [0.05, 0.1) is 12.3 Å². The molecule has 0 spiro atoms. The summed E-state index contributed by atoms with van der Waals surface area (Å²) in [5.41, 5.74) is 2.03. The van der Waals surface area contributed by atoms with Crippen molar-refractivity contribution < 1.29 is 18.3 Å². The highest BCUT2D eigenvalue weighted by atomic mass is 19.3. The first kappa shape index (κ1) is 15.9. The second-order valence-corrected chi connectivity index (χ2v) is 5.76. The van der Waals surface area contributed by atoms with Crippen molar-refractivity contribution in [2.24, 2.45) is 5.92 Å². The van der Waals surface area contributed by atoms with Gasteiger partial charge in [0.25, 0.3) is 0 Å². The molecular weight excluding hydrogens is 278 g/mol. The van der Waals surface area contributed by atoms with Crippen LogP contribution in [0.3, 0.4) is 0 Å². The number of halogens is 2. The van der Waals surface area contributed by atoms with Crippen molar-refractivity contribution >= 4 is 5.97 Å². The summed E-state index contributed by atoms with van der Waals surface area (Å²) in [5, 5.41) is 4.37. The lowest BCUT2D eigenvalue weighted by molar-refractivity contribution is -0.0477. The predicted molar refractivity (Wildman–Crippen MR) is 74.6 cm³/mol. The summed E-state index contributed by atoms with van der Waals surface area (Å²) in [6, 6.07) is 0. The van der Waals surface area contributed by atoms with Crippen molar-refractivity contribution in [1.29, 1.82) is 0 Å². The summed E-state index contributed by atoms with van der Waals surface area (Å²) in [7, 11) is 0. The zero-order valence-electron chi connectivity index (χ0n) is 12.8. The molecule has 1 aliphatic carbocycles. The van der Waals surface area contributed by atoms with Crippen LogP contribution in [0.25, 0.3) is 0 Å². The van der Waals surface area contributed by atoms with Crippen LogP contribution < -0.4 is 0 Å². The van der Waals surface area contributed by atoms with Gasteiger partial charge in [-0.05, 0) is 39.5 Å². The first-order chi connectivity index (χ1) is 9.84. The topological polar surface area (TPSA) is 44.1 Å². The summed E-state index contributed by atoms with van der Waals surface area (Å²) in [6.07, 6.45) is 0.776. The summed E-state index contributed by atoms with van der Waals surface area (Å²) in [6.45, 7) is 6.23. The standard InChI is InChI=1S/C15H22F2N2O2/c1-4-21-14(20)13-10(2)11(3)18-19(13)9-12-5-7-15(16,17)8-6-12/h12H,4-9H2,1-3H3.